The first-order valence-corrected chi connectivity index (χ1v) is 10.0. The van der Waals surface area contributed by atoms with Gasteiger partial charge in [-0.1, -0.05) is 0 Å². The third-order valence-electron chi connectivity index (χ3n) is 5.03. The van der Waals surface area contributed by atoms with Crippen molar-refractivity contribution in [3.63, 3.8) is 0 Å². The number of anilines is 1. The summed E-state index contributed by atoms with van der Waals surface area (Å²) in [5.74, 6) is 0.855. The van der Waals surface area contributed by atoms with Crippen molar-refractivity contribution < 1.29 is 8.42 Å². The van der Waals surface area contributed by atoms with Gasteiger partial charge in [-0.25, -0.2) is 8.42 Å². The van der Waals surface area contributed by atoms with Crippen LogP contribution in [0.3, 0.4) is 0 Å². The number of aromatic amines is 1. The molecule has 0 atom stereocenters. The van der Waals surface area contributed by atoms with Crippen LogP contribution in [0.15, 0.2) is 11.0 Å². The van der Waals surface area contributed by atoms with Gasteiger partial charge in [0.1, 0.15) is 4.90 Å². The normalized spacial score (nSPS) is 18.6. The van der Waals surface area contributed by atoms with Crippen molar-refractivity contribution in [2.24, 2.45) is 0 Å². The maximum Gasteiger partial charge on any atom is 0.246 e. The number of aromatic nitrogens is 4. The second-order valence-corrected chi connectivity index (χ2v) is 8.56. The molecule has 2 aliphatic rings. The van der Waals surface area contributed by atoms with Crippen molar-refractivity contribution in [3.8, 4) is 0 Å². The van der Waals surface area contributed by atoms with Crippen molar-refractivity contribution in [3.05, 3.63) is 28.7 Å². The largest absolute Gasteiger partial charge is 0.352 e. The molecule has 0 amide bonds. The number of nitrogens with zero attached hydrogens (tertiary/aromatic N) is 5. The van der Waals surface area contributed by atoms with Crippen molar-refractivity contribution in [1.29, 1.82) is 0 Å². The van der Waals surface area contributed by atoms with E-state index in [0.717, 1.165) is 30.8 Å². The van der Waals surface area contributed by atoms with Gasteiger partial charge < -0.3 is 4.90 Å². The Hall–Kier alpha value is -2.00. The molecule has 0 spiro atoms. The first kappa shape index (κ1) is 16.5. The molecule has 9 heteroatoms. The van der Waals surface area contributed by atoms with Crippen LogP contribution in [-0.2, 0) is 22.9 Å². The van der Waals surface area contributed by atoms with E-state index in [0.29, 0.717) is 42.5 Å². The lowest BCUT2D eigenvalue weighted by Crippen LogP contribution is -2.49. The number of nitrogens with one attached hydrogen (secondary N) is 1. The minimum atomic E-state index is -3.52. The molecule has 1 fully saturated rings. The summed E-state index contributed by atoms with van der Waals surface area (Å²) in [6.45, 7) is 5.55. The van der Waals surface area contributed by atoms with E-state index >= 15 is 0 Å². The molecule has 25 heavy (non-hydrogen) atoms. The third kappa shape index (κ3) is 2.81. The molecule has 2 aromatic heterocycles. The average molecular weight is 362 g/mol. The molecule has 0 aromatic carbocycles. The Labute approximate surface area is 147 Å². The van der Waals surface area contributed by atoms with Gasteiger partial charge in [0.05, 0.1) is 17.1 Å². The number of H-pyrrole nitrogens is 1. The van der Waals surface area contributed by atoms with Gasteiger partial charge in [0.2, 0.25) is 10.0 Å². The van der Waals surface area contributed by atoms with Crippen LogP contribution in [0, 0.1) is 13.8 Å². The zero-order chi connectivity index (χ0) is 17.6. The fourth-order valence-electron chi connectivity index (χ4n) is 3.68. The van der Waals surface area contributed by atoms with E-state index in [-0.39, 0.29) is 0 Å². The molecule has 0 saturated carbocycles. The minimum Gasteiger partial charge on any atom is -0.352 e. The van der Waals surface area contributed by atoms with Gasteiger partial charge in [0.15, 0.2) is 5.82 Å². The van der Waals surface area contributed by atoms with E-state index < -0.39 is 10.0 Å². The molecule has 2 aromatic rings. The molecular formula is C16H22N6O2S. The number of rotatable bonds is 3. The summed E-state index contributed by atoms with van der Waals surface area (Å²) >= 11 is 0. The summed E-state index contributed by atoms with van der Waals surface area (Å²) in [6.07, 6.45) is 3.21. The van der Waals surface area contributed by atoms with Crippen LogP contribution in [0.4, 0.5) is 5.82 Å². The van der Waals surface area contributed by atoms with Gasteiger partial charge in [-0.05, 0) is 44.7 Å². The third-order valence-corrected chi connectivity index (χ3v) is 7.19. The molecule has 3 heterocycles. The Bertz CT molecular complexity index is 880. The summed E-state index contributed by atoms with van der Waals surface area (Å²) in [5.41, 5.74) is 3.49. The van der Waals surface area contributed by atoms with Crippen LogP contribution in [0.5, 0.6) is 0 Å². The number of sulfonamides is 1. The lowest BCUT2D eigenvalue weighted by Gasteiger charge is -2.34. The molecule has 1 saturated heterocycles. The lowest BCUT2D eigenvalue weighted by molar-refractivity contribution is 0.383. The lowest BCUT2D eigenvalue weighted by atomic mass is 10.2. The number of aryl methyl sites for hydroxylation is 4. The Balaban J connectivity index is 1.50. The number of fused-ring (bicyclic) bond motifs is 1. The van der Waals surface area contributed by atoms with E-state index in [1.54, 1.807) is 13.8 Å². The molecule has 1 aliphatic carbocycles. The topological polar surface area (TPSA) is 95.1 Å². The molecule has 0 unspecified atom stereocenters. The van der Waals surface area contributed by atoms with E-state index in [1.165, 1.54) is 9.87 Å². The molecule has 1 aliphatic heterocycles. The molecule has 134 valence electrons. The fraction of sp³-hybridized carbons (Fsp3) is 0.562. The summed E-state index contributed by atoms with van der Waals surface area (Å²) in [4.78, 5) is 2.42. The predicted octanol–water partition coefficient (Wildman–Crippen LogP) is 0.816. The van der Waals surface area contributed by atoms with Gasteiger partial charge in [-0.15, -0.1) is 5.10 Å². The average Bonchev–Trinajstić information content (AvgIpc) is 3.20. The first-order chi connectivity index (χ1) is 12.0. The SMILES string of the molecule is Cc1n[nH]c(C)c1S(=O)(=O)N1CCN(c2cc3c(nn2)CCC3)CC1. The minimum absolute atomic E-state index is 0.304. The highest BCUT2D eigenvalue weighted by Crippen LogP contribution is 2.26. The summed E-state index contributed by atoms with van der Waals surface area (Å²) in [7, 11) is -3.52. The Kier molecular flexibility index (Phi) is 3.99. The van der Waals surface area contributed by atoms with E-state index in [4.69, 9.17) is 0 Å². The zero-order valence-corrected chi connectivity index (χ0v) is 15.3. The second kappa shape index (κ2) is 6.06. The standard InChI is InChI=1S/C16H22N6O2S/c1-11-16(12(2)18-17-11)25(23,24)22-8-6-21(7-9-22)15-10-13-4-3-5-14(13)19-20-15/h10H,3-9H2,1-2H3,(H,17,18). The number of hydrogen-bond acceptors (Lipinski definition) is 6. The molecule has 8 nitrogen and oxygen atoms in total. The highest BCUT2D eigenvalue weighted by atomic mass is 32.2. The van der Waals surface area contributed by atoms with E-state index in [2.05, 4.69) is 31.4 Å². The van der Waals surface area contributed by atoms with E-state index in [9.17, 15) is 8.42 Å². The van der Waals surface area contributed by atoms with Crippen LogP contribution in [0.25, 0.3) is 0 Å². The van der Waals surface area contributed by atoms with Crippen molar-refractivity contribution >= 4 is 15.8 Å². The van der Waals surface area contributed by atoms with Crippen LogP contribution in [0.1, 0.15) is 29.1 Å². The highest BCUT2D eigenvalue weighted by molar-refractivity contribution is 7.89. The Morgan fingerprint density at radius 3 is 2.52 bits per heavy atom. The molecular weight excluding hydrogens is 340 g/mol. The van der Waals surface area contributed by atoms with Crippen LogP contribution < -0.4 is 4.90 Å². The van der Waals surface area contributed by atoms with Gasteiger partial charge in [0, 0.05) is 26.2 Å². The molecule has 0 bridgehead atoms. The molecule has 1 N–H and O–H groups in total. The van der Waals surface area contributed by atoms with Crippen molar-refractivity contribution in [2.75, 3.05) is 31.1 Å². The molecule has 4 rings (SSSR count). The first-order valence-electron chi connectivity index (χ1n) is 8.59. The Morgan fingerprint density at radius 1 is 1.08 bits per heavy atom. The molecule has 0 radical (unpaired) electrons. The van der Waals surface area contributed by atoms with Gasteiger partial charge in [-0.3, -0.25) is 5.10 Å². The van der Waals surface area contributed by atoms with Gasteiger partial charge in [0.25, 0.3) is 0 Å². The van der Waals surface area contributed by atoms with Gasteiger partial charge in [-0.2, -0.15) is 14.5 Å². The zero-order valence-electron chi connectivity index (χ0n) is 14.5. The fourth-order valence-corrected chi connectivity index (χ4v) is 5.43. The highest BCUT2D eigenvalue weighted by Gasteiger charge is 2.32. The number of hydrogen-bond donors (Lipinski definition) is 1. The maximum absolute atomic E-state index is 12.9. The van der Waals surface area contributed by atoms with Gasteiger partial charge >= 0.3 is 0 Å². The number of piperazine rings is 1. The van der Waals surface area contributed by atoms with Crippen LogP contribution in [-0.4, -0.2) is 59.3 Å². The van der Waals surface area contributed by atoms with Crippen molar-refractivity contribution in [1.82, 2.24) is 24.7 Å². The summed E-state index contributed by atoms with van der Waals surface area (Å²) in [5, 5.41) is 15.4. The van der Waals surface area contributed by atoms with E-state index in [1.807, 2.05) is 0 Å². The van der Waals surface area contributed by atoms with Crippen LogP contribution >= 0.6 is 0 Å². The second-order valence-electron chi connectivity index (χ2n) is 6.68. The summed E-state index contributed by atoms with van der Waals surface area (Å²) in [6, 6.07) is 2.11. The van der Waals surface area contributed by atoms with Crippen LogP contribution in [0.2, 0.25) is 0 Å². The predicted molar refractivity (Wildman–Crippen MR) is 93.1 cm³/mol. The monoisotopic (exact) mass is 362 g/mol. The van der Waals surface area contributed by atoms with Crippen molar-refractivity contribution in [2.45, 2.75) is 38.0 Å². The Morgan fingerprint density at radius 2 is 1.84 bits per heavy atom. The maximum atomic E-state index is 12.9. The summed E-state index contributed by atoms with van der Waals surface area (Å²) < 4.78 is 27.3. The smallest absolute Gasteiger partial charge is 0.246 e. The quantitative estimate of drug-likeness (QED) is 0.868.